The number of nitrogens with zero attached hydrogens (tertiary/aromatic N) is 2. The Balaban J connectivity index is 0.855. The van der Waals surface area contributed by atoms with Gasteiger partial charge >= 0.3 is 0 Å². The van der Waals surface area contributed by atoms with Crippen LogP contribution in [0, 0.1) is 0 Å². The van der Waals surface area contributed by atoms with E-state index in [0.29, 0.717) is 0 Å². The van der Waals surface area contributed by atoms with Gasteiger partial charge in [-0.15, -0.1) is 11.3 Å². The summed E-state index contributed by atoms with van der Waals surface area (Å²) in [4.78, 5) is 5.51. The molecule has 3 heteroatoms. The number of rotatable bonds is 4. The van der Waals surface area contributed by atoms with Crippen molar-refractivity contribution in [3.8, 4) is 55.8 Å². The van der Waals surface area contributed by atoms with Crippen molar-refractivity contribution in [2.75, 3.05) is 0 Å². The molecule has 0 saturated carbocycles. The van der Waals surface area contributed by atoms with Gasteiger partial charge in [-0.3, -0.25) is 4.40 Å². The Morgan fingerprint density at radius 3 is 1.74 bits per heavy atom. The second kappa shape index (κ2) is 13.6. The molecule has 1 aliphatic carbocycles. The van der Waals surface area contributed by atoms with Crippen LogP contribution >= 0.6 is 11.3 Å². The highest BCUT2D eigenvalue weighted by Crippen LogP contribution is 2.50. The highest BCUT2D eigenvalue weighted by Gasteiger charge is 2.35. The van der Waals surface area contributed by atoms with Crippen LogP contribution in [0.15, 0.2) is 206 Å². The fourth-order valence-electron chi connectivity index (χ4n) is 11.1. The molecule has 0 fully saturated rings. The molecule has 10 aromatic carbocycles. The van der Waals surface area contributed by atoms with Gasteiger partial charge in [-0.25, -0.2) is 4.98 Å². The third kappa shape index (κ3) is 5.37. The van der Waals surface area contributed by atoms with Crippen molar-refractivity contribution in [1.82, 2.24) is 9.38 Å². The molecule has 0 N–H and O–H groups in total. The van der Waals surface area contributed by atoms with Crippen molar-refractivity contribution in [1.29, 1.82) is 0 Å². The number of hydrogen-bond acceptors (Lipinski definition) is 2. The van der Waals surface area contributed by atoms with E-state index in [4.69, 9.17) is 4.98 Å². The number of hydrogen-bond donors (Lipinski definition) is 0. The van der Waals surface area contributed by atoms with Crippen LogP contribution in [0.2, 0.25) is 0 Å². The lowest BCUT2D eigenvalue weighted by Crippen LogP contribution is -2.14. The van der Waals surface area contributed by atoms with Gasteiger partial charge in [0.25, 0.3) is 0 Å². The Kier molecular flexibility index (Phi) is 7.65. The number of thiophene rings is 1. The van der Waals surface area contributed by atoms with Crippen LogP contribution in [0.1, 0.15) is 25.0 Å². The highest BCUT2D eigenvalue weighted by atomic mass is 32.1. The van der Waals surface area contributed by atoms with E-state index in [0.717, 1.165) is 27.9 Å². The number of aromatic nitrogens is 2. The van der Waals surface area contributed by atoms with Gasteiger partial charge in [-0.1, -0.05) is 184 Å². The Morgan fingerprint density at radius 2 is 0.985 bits per heavy atom. The smallest absolute Gasteiger partial charge is 0.156 e. The van der Waals surface area contributed by atoms with Gasteiger partial charge in [0.15, 0.2) is 5.65 Å². The van der Waals surface area contributed by atoms with E-state index >= 15 is 0 Å². The van der Waals surface area contributed by atoms with Crippen LogP contribution in [0.4, 0.5) is 0 Å². The molecule has 0 amide bonds. The SMILES string of the molecule is CC1(C)c2ccccc2-c2ccc(-c3ccc(-c4ccc(-c5ccc(-c6cc7c8ccccc8sc7c7nc8c9cc%10ccccc%10cc9ccc8n67)cc5)c5ccccc45)cc3)cc21. The molecule has 65 heavy (non-hydrogen) atoms. The van der Waals surface area contributed by atoms with Gasteiger partial charge in [0.1, 0.15) is 0 Å². The van der Waals surface area contributed by atoms with E-state index in [2.05, 4.69) is 225 Å². The monoisotopic (exact) mass is 844 g/mol. The first-order chi connectivity index (χ1) is 32.0. The van der Waals surface area contributed by atoms with E-state index in [-0.39, 0.29) is 5.41 Å². The summed E-state index contributed by atoms with van der Waals surface area (Å²) in [5.74, 6) is 0. The predicted molar refractivity (Wildman–Crippen MR) is 277 cm³/mol. The highest BCUT2D eigenvalue weighted by molar-refractivity contribution is 7.26. The Bertz CT molecular complexity index is 4130. The summed E-state index contributed by atoms with van der Waals surface area (Å²) in [6.45, 7) is 4.70. The third-order valence-electron chi connectivity index (χ3n) is 14.4. The molecule has 304 valence electrons. The van der Waals surface area contributed by atoms with Gasteiger partial charge in [0.05, 0.1) is 21.4 Å². The van der Waals surface area contributed by atoms with Crippen molar-refractivity contribution >= 4 is 80.5 Å². The second-order valence-electron chi connectivity index (χ2n) is 18.3. The van der Waals surface area contributed by atoms with Crippen molar-refractivity contribution in [3.05, 3.63) is 217 Å². The summed E-state index contributed by atoms with van der Waals surface area (Å²) in [6.07, 6.45) is 0. The lowest BCUT2D eigenvalue weighted by Gasteiger charge is -2.22. The fraction of sp³-hybridized carbons (Fsp3) is 0.0484. The lowest BCUT2D eigenvalue weighted by molar-refractivity contribution is 0.660. The molecule has 0 bridgehead atoms. The Labute approximate surface area is 380 Å². The number of imidazole rings is 1. The minimum Gasteiger partial charge on any atom is -0.291 e. The van der Waals surface area contributed by atoms with Crippen molar-refractivity contribution in [3.63, 3.8) is 0 Å². The molecular weight excluding hydrogens is 805 g/mol. The molecule has 2 nitrogen and oxygen atoms in total. The summed E-state index contributed by atoms with van der Waals surface area (Å²) >= 11 is 1.84. The summed E-state index contributed by atoms with van der Waals surface area (Å²) in [5.41, 5.74) is 18.3. The largest absolute Gasteiger partial charge is 0.291 e. The van der Waals surface area contributed by atoms with Gasteiger partial charge in [0, 0.05) is 26.3 Å². The third-order valence-corrected chi connectivity index (χ3v) is 15.6. The van der Waals surface area contributed by atoms with Crippen LogP contribution < -0.4 is 0 Å². The Hall–Kier alpha value is -7.85. The van der Waals surface area contributed by atoms with Crippen LogP contribution in [0.3, 0.4) is 0 Å². The molecule has 0 aliphatic heterocycles. The van der Waals surface area contributed by atoms with Gasteiger partial charge in [-0.2, -0.15) is 0 Å². The molecule has 3 aromatic heterocycles. The standard InChI is InChI=1S/C62H40N2S/c1-62(2)54-17-9-7-15-49(54)50-29-27-43(35-55(50)62)37-19-21-38(22-20-37)45-30-31-46(48-14-6-5-13-47(45)48)39-23-25-40(26-24-39)57-36-53-51-16-8-10-18-58(51)65-60(53)61-63-59-52-34-42-12-4-3-11-41(42)33-44(52)28-32-56(59)64(57)61/h3-36H,1-2H3. The van der Waals surface area contributed by atoms with Gasteiger partial charge in [0.2, 0.25) is 0 Å². The quantitative estimate of drug-likeness (QED) is 0.161. The van der Waals surface area contributed by atoms with E-state index < -0.39 is 0 Å². The molecule has 13 aromatic rings. The first-order valence-electron chi connectivity index (χ1n) is 22.5. The first-order valence-corrected chi connectivity index (χ1v) is 23.3. The van der Waals surface area contributed by atoms with Crippen molar-refractivity contribution in [2.24, 2.45) is 0 Å². The molecule has 0 saturated heterocycles. The van der Waals surface area contributed by atoms with Gasteiger partial charge in [-0.05, 0) is 125 Å². The maximum absolute atomic E-state index is 5.51. The zero-order chi connectivity index (χ0) is 43.0. The zero-order valence-electron chi connectivity index (χ0n) is 35.9. The molecule has 0 atom stereocenters. The average Bonchev–Trinajstić information content (AvgIpc) is 4.01. The topological polar surface area (TPSA) is 17.3 Å². The second-order valence-corrected chi connectivity index (χ2v) is 19.3. The average molecular weight is 845 g/mol. The summed E-state index contributed by atoms with van der Waals surface area (Å²) in [6, 6.07) is 76.6. The molecule has 0 spiro atoms. The maximum Gasteiger partial charge on any atom is 0.156 e. The van der Waals surface area contributed by atoms with E-state index in [1.807, 2.05) is 11.3 Å². The summed E-state index contributed by atoms with van der Waals surface area (Å²) in [5, 5.41) is 9.88. The summed E-state index contributed by atoms with van der Waals surface area (Å²) < 4.78 is 4.90. The maximum atomic E-state index is 5.51. The summed E-state index contributed by atoms with van der Waals surface area (Å²) in [7, 11) is 0. The van der Waals surface area contributed by atoms with Crippen LogP contribution in [-0.4, -0.2) is 9.38 Å². The number of pyridine rings is 1. The van der Waals surface area contributed by atoms with Gasteiger partial charge < -0.3 is 0 Å². The minimum absolute atomic E-state index is 0.0237. The number of benzene rings is 10. The molecule has 0 radical (unpaired) electrons. The molecule has 14 rings (SSSR count). The first kappa shape index (κ1) is 36.6. The zero-order valence-corrected chi connectivity index (χ0v) is 36.7. The fourth-order valence-corrected chi connectivity index (χ4v) is 12.2. The normalized spacial score (nSPS) is 13.2. The van der Waals surface area contributed by atoms with E-state index in [1.165, 1.54) is 108 Å². The molecule has 0 unspecified atom stereocenters. The Morgan fingerprint density at radius 1 is 0.400 bits per heavy atom. The molecule has 1 aliphatic rings. The van der Waals surface area contributed by atoms with Crippen molar-refractivity contribution < 1.29 is 0 Å². The van der Waals surface area contributed by atoms with Crippen LogP contribution in [0.5, 0.6) is 0 Å². The van der Waals surface area contributed by atoms with E-state index in [9.17, 15) is 0 Å². The van der Waals surface area contributed by atoms with Crippen molar-refractivity contribution in [2.45, 2.75) is 19.3 Å². The van der Waals surface area contributed by atoms with E-state index in [1.54, 1.807) is 0 Å². The minimum atomic E-state index is -0.0237. The molecule has 3 heterocycles. The molecular formula is C62H40N2S. The predicted octanol–water partition coefficient (Wildman–Crippen LogP) is 17.3. The lowest BCUT2D eigenvalue weighted by atomic mass is 9.81. The van der Waals surface area contributed by atoms with Crippen LogP contribution in [-0.2, 0) is 5.41 Å². The van der Waals surface area contributed by atoms with Crippen LogP contribution in [0.25, 0.3) is 125 Å². The number of fused-ring (bicyclic) bond motifs is 14.